The first-order valence-electron chi connectivity index (χ1n) is 3.23. The third-order valence-corrected chi connectivity index (χ3v) is 1.66. The van der Waals surface area contributed by atoms with Crippen molar-refractivity contribution in [3.63, 3.8) is 0 Å². The minimum atomic E-state index is -0.816. The van der Waals surface area contributed by atoms with Crippen molar-refractivity contribution in [2.45, 2.75) is 18.6 Å². The lowest BCUT2D eigenvalue weighted by atomic mass is 10.1. The lowest BCUT2D eigenvalue weighted by Gasteiger charge is -2.25. The first-order valence-corrected chi connectivity index (χ1v) is 3.23. The second-order valence-electron chi connectivity index (χ2n) is 2.27. The molecule has 10 heavy (non-hydrogen) atoms. The van der Waals surface area contributed by atoms with Gasteiger partial charge in [0, 0.05) is 12.6 Å². The fraction of sp³-hybridized carbons (Fsp3) is 1.00. The SMILES string of the molecule is CN[C@H]1CCOC[C@H]1F.Cl. The van der Waals surface area contributed by atoms with Crippen molar-refractivity contribution >= 4 is 12.4 Å². The number of nitrogens with one attached hydrogen (secondary N) is 1. The number of ether oxygens (including phenoxy) is 1. The summed E-state index contributed by atoms with van der Waals surface area (Å²) >= 11 is 0. The van der Waals surface area contributed by atoms with Gasteiger partial charge in [-0.1, -0.05) is 0 Å². The van der Waals surface area contributed by atoms with Crippen LogP contribution in [0, 0.1) is 0 Å². The molecule has 0 unspecified atom stereocenters. The molecule has 2 nitrogen and oxygen atoms in total. The largest absolute Gasteiger partial charge is 0.378 e. The number of hydrogen-bond donors (Lipinski definition) is 1. The highest BCUT2D eigenvalue weighted by Gasteiger charge is 2.22. The number of rotatable bonds is 1. The lowest BCUT2D eigenvalue weighted by Crippen LogP contribution is -2.42. The third-order valence-electron chi connectivity index (χ3n) is 1.66. The maximum atomic E-state index is 12.7. The molecule has 0 aliphatic carbocycles. The second-order valence-corrected chi connectivity index (χ2v) is 2.27. The van der Waals surface area contributed by atoms with Crippen LogP contribution in [0.4, 0.5) is 4.39 Å². The van der Waals surface area contributed by atoms with Crippen LogP contribution in [0.3, 0.4) is 0 Å². The van der Waals surface area contributed by atoms with Gasteiger partial charge in [-0.2, -0.15) is 0 Å². The number of hydrogen-bond acceptors (Lipinski definition) is 2. The predicted octanol–water partition coefficient (Wildman–Crippen LogP) is 0.755. The summed E-state index contributed by atoms with van der Waals surface area (Å²) in [4.78, 5) is 0. The maximum absolute atomic E-state index is 12.7. The van der Waals surface area contributed by atoms with Gasteiger partial charge in [0.25, 0.3) is 0 Å². The van der Waals surface area contributed by atoms with E-state index in [0.29, 0.717) is 6.61 Å². The van der Waals surface area contributed by atoms with Crippen LogP contribution < -0.4 is 5.32 Å². The van der Waals surface area contributed by atoms with Crippen molar-refractivity contribution in [1.82, 2.24) is 5.32 Å². The minimum absolute atomic E-state index is 0. The molecule has 1 aliphatic rings. The Hall–Kier alpha value is 0.140. The quantitative estimate of drug-likeness (QED) is 0.626. The Morgan fingerprint density at radius 1 is 1.60 bits per heavy atom. The second kappa shape index (κ2) is 4.88. The van der Waals surface area contributed by atoms with E-state index in [4.69, 9.17) is 4.74 Å². The molecule has 1 heterocycles. The maximum Gasteiger partial charge on any atom is 0.139 e. The molecule has 1 aliphatic heterocycles. The Labute approximate surface area is 66.5 Å². The highest BCUT2D eigenvalue weighted by molar-refractivity contribution is 5.85. The van der Waals surface area contributed by atoms with E-state index in [9.17, 15) is 4.39 Å². The molecule has 1 N–H and O–H groups in total. The average molecular weight is 170 g/mol. The molecule has 1 rings (SSSR count). The van der Waals surface area contributed by atoms with Crippen molar-refractivity contribution in [3.8, 4) is 0 Å². The molecule has 0 aromatic heterocycles. The van der Waals surface area contributed by atoms with Crippen LogP contribution in [0.25, 0.3) is 0 Å². The monoisotopic (exact) mass is 169 g/mol. The highest BCUT2D eigenvalue weighted by atomic mass is 35.5. The molecule has 4 heteroatoms. The van der Waals surface area contributed by atoms with Gasteiger partial charge in [-0.3, -0.25) is 0 Å². The standard InChI is InChI=1S/C6H12FNO.ClH/c1-8-6-2-3-9-4-5(6)7;/h5-6,8H,2-4H2,1H3;1H/t5-,6+;/m1./s1. The van der Waals surface area contributed by atoms with Gasteiger partial charge >= 0.3 is 0 Å². The van der Waals surface area contributed by atoms with Gasteiger partial charge in [0.15, 0.2) is 0 Å². The summed E-state index contributed by atoms with van der Waals surface area (Å²) in [5.41, 5.74) is 0. The topological polar surface area (TPSA) is 21.3 Å². The van der Waals surface area contributed by atoms with Crippen LogP contribution in [0.1, 0.15) is 6.42 Å². The van der Waals surface area contributed by atoms with E-state index in [1.807, 2.05) is 0 Å². The van der Waals surface area contributed by atoms with Crippen LogP contribution in [-0.4, -0.2) is 32.5 Å². The summed E-state index contributed by atoms with van der Waals surface area (Å²) < 4.78 is 17.6. The molecule has 0 bridgehead atoms. The average Bonchev–Trinajstić information content (AvgIpc) is 1.89. The molecule has 0 spiro atoms. The summed E-state index contributed by atoms with van der Waals surface area (Å²) in [7, 11) is 1.78. The number of alkyl halides is 1. The summed E-state index contributed by atoms with van der Waals surface area (Å²) in [6, 6.07) is 0.0127. The molecular formula is C6H13ClFNO. The van der Waals surface area contributed by atoms with E-state index in [1.165, 1.54) is 0 Å². The van der Waals surface area contributed by atoms with Crippen LogP contribution >= 0.6 is 12.4 Å². The van der Waals surface area contributed by atoms with Gasteiger partial charge in [0.05, 0.1) is 6.61 Å². The Bertz CT molecular complexity index is 93.8. The van der Waals surface area contributed by atoms with Crippen molar-refractivity contribution in [1.29, 1.82) is 0 Å². The van der Waals surface area contributed by atoms with Gasteiger partial charge < -0.3 is 10.1 Å². The van der Waals surface area contributed by atoms with Crippen LogP contribution in [-0.2, 0) is 4.74 Å². The van der Waals surface area contributed by atoms with Crippen molar-refractivity contribution in [2.24, 2.45) is 0 Å². The lowest BCUT2D eigenvalue weighted by molar-refractivity contribution is 0.0160. The molecule has 0 saturated carbocycles. The fourth-order valence-electron chi connectivity index (χ4n) is 1.03. The first-order chi connectivity index (χ1) is 4.34. The Balaban J connectivity index is 0.000000810. The van der Waals surface area contributed by atoms with Gasteiger partial charge in [-0.05, 0) is 13.5 Å². The zero-order valence-corrected chi connectivity index (χ0v) is 6.79. The smallest absolute Gasteiger partial charge is 0.139 e. The molecule has 1 saturated heterocycles. The van der Waals surface area contributed by atoms with Crippen molar-refractivity contribution < 1.29 is 9.13 Å². The van der Waals surface area contributed by atoms with Gasteiger partial charge in [0.1, 0.15) is 6.17 Å². The molecule has 1 fully saturated rings. The molecule has 0 radical (unpaired) electrons. The van der Waals surface area contributed by atoms with E-state index in [2.05, 4.69) is 5.32 Å². The highest BCUT2D eigenvalue weighted by Crippen LogP contribution is 2.09. The normalized spacial score (nSPS) is 33.0. The van der Waals surface area contributed by atoms with Gasteiger partial charge in [0.2, 0.25) is 0 Å². The molecule has 2 atom stereocenters. The minimum Gasteiger partial charge on any atom is -0.378 e. The first kappa shape index (κ1) is 10.1. The Morgan fingerprint density at radius 3 is 2.70 bits per heavy atom. The van der Waals surface area contributed by atoms with Gasteiger partial charge in [-0.15, -0.1) is 12.4 Å². The van der Waals surface area contributed by atoms with Crippen LogP contribution in [0.5, 0.6) is 0 Å². The van der Waals surface area contributed by atoms with Crippen LogP contribution in [0.15, 0.2) is 0 Å². The zero-order chi connectivity index (χ0) is 6.69. The Morgan fingerprint density at radius 2 is 2.30 bits per heavy atom. The fourth-order valence-corrected chi connectivity index (χ4v) is 1.03. The summed E-state index contributed by atoms with van der Waals surface area (Å²) in [5, 5.41) is 2.90. The predicted molar refractivity (Wildman–Crippen MR) is 40.4 cm³/mol. The van der Waals surface area contributed by atoms with Crippen LogP contribution in [0.2, 0.25) is 0 Å². The summed E-state index contributed by atoms with van der Waals surface area (Å²) in [6.07, 6.45) is -0.0266. The Kier molecular flexibility index (Phi) is 4.95. The number of halogens is 2. The van der Waals surface area contributed by atoms with Gasteiger partial charge in [-0.25, -0.2) is 4.39 Å². The summed E-state index contributed by atoms with van der Waals surface area (Å²) in [5.74, 6) is 0. The van der Waals surface area contributed by atoms with E-state index < -0.39 is 6.17 Å². The molecule has 62 valence electrons. The van der Waals surface area contributed by atoms with Crippen molar-refractivity contribution in [2.75, 3.05) is 20.3 Å². The zero-order valence-electron chi connectivity index (χ0n) is 5.97. The van der Waals surface area contributed by atoms with E-state index >= 15 is 0 Å². The van der Waals surface area contributed by atoms with E-state index in [0.717, 1.165) is 6.42 Å². The molecule has 0 aromatic rings. The summed E-state index contributed by atoms with van der Waals surface area (Å²) in [6.45, 7) is 0.942. The molecule has 0 amide bonds. The molecular weight excluding hydrogens is 157 g/mol. The van der Waals surface area contributed by atoms with E-state index in [1.54, 1.807) is 7.05 Å². The van der Waals surface area contributed by atoms with Crippen molar-refractivity contribution in [3.05, 3.63) is 0 Å². The van der Waals surface area contributed by atoms with E-state index in [-0.39, 0.29) is 25.1 Å². The molecule has 0 aromatic carbocycles. The third kappa shape index (κ3) is 2.40.